The molecule has 0 bridgehead atoms. The lowest BCUT2D eigenvalue weighted by atomic mass is 10.1. The average Bonchev–Trinajstić information content (AvgIpc) is 2.74. The van der Waals surface area contributed by atoms with Crippen LogP contribution in [-0.2, 0) is 18.9 Å². The van der Waals surface area contributed by atoms with Crippen molar-refractivity contribution in [3.63, 3.8) is 0 Å². The smallest absolute Gasteiger partial charge is 0.426 e. The molecule has 2 rings (SSSR count). The summed E-state index contributed by atoms with van der Waals surface area (Å²) in [5, 5.41) is 0. The highest BCUT2D eigenvalue weighted by molar-refractivity contribution is 14.1. The predicted octanol–water partition coefficient (Wildman–Crippen LogP) is 3.70. The van der Waals surface area contributed by atoms with Gasteiger partial charge in [-0.2, -0.15) is 0 Å². The van der Waals surface area contributed by atoms with Gasteiger partial charge in [-0.05, 0) is 22.6 Å². The molecule has 2 aromatic carbocycles. The highest BCUT2D eigenvalue weighted by Gasteiger charge is 2.18. The van der Waals surface area contributed by atoms with Crippen molar-refractivity contribution in [2.24, 2.45) is 0 Å². The van der Waals surface area contributed by atoms with Gasteiger partial charge in [0.05, 0.1) is 13.2 Å². The third-order valence-electron chi connectivity index (χ3n) is 3.70. The quantitative estimate of drug-likeness (QED) is 0.186. The fraction of sp³-hybridized carbons (Fsp3) is 0.286. The van der Waals surface area contributed by atoms with Crippen LogP contribution in [0.1, 0.15) is 20.7 Å². The van der Waals surface area contributed by atoms with Crippen LogP contribution in [0.15, 0.2) is 60.7 Å². The number of halogens is 1. The molecule has 0 aliphatic carbocycles. The number of alkyl halides is 1. The maximum absolute atomic E-state index is 12.1. The highest BCUT2D eigenvalue weighted by Crippen LogP contribution is 2.05. The highest BCUT2D eigenvalue weighted by atomic mass is 127. The first-order chi connectivity index (χ1) is 14.1. The molecule has 0 fully saturated rings. The van der Waals surface area contributed by atoms with Crippen molar-refractivity contribution in [1.82, 2.24) is 0 Å². The summed E-state index contributed by atoms with van der Waals surface area (Å²) in [6, 6.07) is 17.4. The van der Waals surface area contributed by atoms with Crippen molar-refractivity contribution in [3.05, 3.63) is 71.8 Å². The molecule has 29 heavy (non-hydrogen) atoms. The molecule has 0 amide bonds. The van der Waals surface area contributed by atoms with E-state index in [2.05, 4.69) is 0 Å². The van der Waals surface area contributed by atoms with Crippen molar-refractivity contribution in [2.45, 2.75) is 6.10 Å². The summed E-state index contributed by atoms with van der Waals surface area (Å²) >= 11 is 1.86. The lowest BCUT2D eigenvalue weighted by Crippen LogP contribution is -2.30. The summed E-state index contributed by atoms with van der Waals surface area (Å²) in [6.07, 6.45) is -1.70. The van der Waals surface area contributed by atoms with Crippen molar-refractivity contribution in [3.8, 4) is 0 Å². The number of carbonyl (C=O) groups excluding carboxylic acids is 3. The summed E-state index contributed by atoms with van der Waals surface area (Å²) < 4.78 is 20.8. The zero-order chi connectivity index (χ0) is 20.9. The number of Topliss-reactive ketones (excluding diaryl/α,β-unsaturated/α-hetero) is 2. The Bertz CT molecular complexity index is 723. The largest absolute Gasteiger partial charge is 0.509 e. The summed E-state index contributed by atoms with van der Waals surface area (Å²) in [7, 11) is 0. The molecule has 0 saturated carbocycles. The molecular weight excluding hydrogens is 491 g/mol. The minimum Gasteiger partial charge on any atom is -0.426 e. The summed E-state index contributed by atoms with van der Waals surface area (Å²) in [5.74, 6) is -0.390. The van der Waals surface area contributed by atoms with E-state index in [4.69, 9.17) is 18.9 Å². The van der Waals surface area contributed by atoms with E-state index in [0.29, 0.717) is 11.1 Å². The first-order valence-corrected chi connectivity index (χ1v) is 10.3. The Balaban J connectivity index is 1.81. The van der Waals surface area contributed by atoms with Crippen LogP contribution in [0, 0.1) is 0 Å². The van der Waals surface area contributed by atoms with Crippen molar-refractivity contribution in [1.29, 1.82) is 0 Å². The van der Waals surface area contributed by atoms with Crippen LogP contribution in [-0.4, -0.2) is 54.9 Å². The van der Waals surface area contributed by atoms with Gasteiger partial charge in [-0.15, -0.1) is 0 Å². The van der Waals surface area contributed by atoms with Gasteiger partial charge >= 0.3 is 6.16 Å². The number of benzene rings is 2. The molecule has 0 aromatic heterocycles. The molecule has 0 radical (unpaired) electrons. The van der Waals surface area contributed by atoms with Crippen molar-refractivity contribution in [2.75, 3.05) is 31.0 Å². The molecule has 2 aromatic rings. The van der Waals surface area contributed by atoms with Gasteiger partial charge in [0.25, 0.3) is 0 Å². The van der Waals surface area contributed by atoms with Crippen LogP contribution in [0.5, 0.6) is 0 Å². The van der Waals surface area contributed by atoms with Gasteiger partial charge in [0.1, 0.15) is 17.8 Å². The SMILES string of the molecule is O=C(OCI)OC(COCC(=O)c1ccccc1)COCC(=O)c1ccccc1. The van der Waals surface area contributed by atoms with E-state index in [9.17, 15) is 14.4 Å². The van der Waals surface area contributed by atoms with E-state index in [1.165, 1.54) is 0 Å². The van der Waals surface area contributed by atoms with E-state index >= 15 is 0 Å². The van der Waals surface area contributed by atoms with Gasteiger partial charge in [0, 0.05) is 11.1 Å². The van der Waals surface area contributed by atoms with Crippen LogP contribution in [0.3, 0.4) is 0 Å². The van der Waals surface area contributed by atoms with Crippen molar-refractivity contribution < 1.29 is 33.3 Å². The summed E-state index contributed by atoms with van der Waals surface area (Å²) in [5.41, 5.74) is 1.05. The van der Waals surface area contributed by atoms with E-state index in [0.717, 1.165) is 0 Å². The Morgan fingerprint density at radius 2 is 1.21 bits per heavy atom. The summed E-state index contributed by atoms with van der Waals surface area (Å²) in [4.78, 5) is 35.7. The second kappa shape index (κ2) is 13.0. The molecule has 0 saturated heterocycles. The standard InChI is InChI=1S/C21H21IO7/c22-15-28-21(25)29-18(11-26-13-19(23)16-7-3-1-4-8-16)12-27-14-20(24)17-9-5-2-6-10-17/h1-10,18H,11-15H2. The third kappa shape index (κ3) is 8.71. The van der Waals surface area contributed by atoms with Crippen LogP contribution in [0.4, 0.5) is 4.79 Å². The molecule has 8 heteroatoms. The van der Waals surface area contributed by atoms with Gasteiger partial charge in [-0.3, -0.25) is 9.59 Å². The number of hydrogen-bond acceptors (Lipinski definition) is 7. The molecule has 0 N–H and O–H groups in total. The Morgan fingerprint density at radius 3 is 1.62 bits per heavy atom. The molecule has 7 nitrogen and oxygen atoms in total. The lowest BCUT2D eigenvalue weighted by Gasteiger charge is -2.17. The first-order valence-electron chi connectivity index (χ1n) is 8.81. The minimum atomic E-state index is -0.875. The molecule has 0 heterocycles. The Hall–Kier alpha value is -2.30. The second-order valence-corrected chi connectivity index (χ2v) is 6.47. The van der Waals surface area contributed by atoms with E-state index in [1.807, 2.05) is 34.7 Å². The molecule has 154 valence electrons. The molecule has 0 aliphatic rings. The number of ether oxygens (including phenoxy) is 4. The van der Waals surface area contributed by atoms with Gasteiger partial charge in [-0.25, -0.2) is 4.79 Å². The monoisotopic (exact) mass is 512 g/mol. The van der Waals surface area contributed by atoms with Gasteiger partial charge in [0.2, 0.25) is 0 Å². The van der Waals surface area contributed by atoms with Crippen LogP contribution < -0.4 is 0 Å². The van der Waals surface area contributed by atoms with Gasteiger partial charge in [0.15, 0.2) is 17.7 Å². The van der Waals surface area contributed by atoms with E-state index < -0.39 is 12.3 Å². The van der Waals surface area contributed by atoms with Crippen LogP contribution >= 0.6 is 22.6 Å². The first kappa shape index (κ1) is 23.0. The molecule has 0 atom stereocenters. The molecule has 0 unspecified atom stereocenters. The molecule has 0 aliphatic heterocycles. The maximum Gasteiger partial charge on any atom is 0.509 e. The van der Waals surface area contributed by atoms with Crippen LogP contribution in [0.2, 0.25) is 0 Å². The number of rotatable bonds is 12. The topological polar surface area (TPSA) is 88.1 Å². The predicted molar refractivity (Wildman–Crippen MR) is 113 cm³/mol. The Labute approximate surface area is 182 Å². The van der Waals surface area contributed by atoms with Gasteiger partial charge < -0.3 is 18.9 Å². The zero-order valence-corrected chi connectivity index (χ0v) is 17.8. The average molecular weight is 512 g/mol. The van der Waals surface area contributed by atoms with Gasteiger partial charge in [-0.1, -0.05) is 60.7 Å². The molecular formula is C21H21IO7. The summed E-state index contributed by atoms with van der Waals surface area (Å²) in [6.45, 7) is -0.495. The minimum absolute atomic E-state index is 0.0750. The number of carbonyl (C=O) groups is 3. The second-order valence-electron chi connectivity index (χ2n) is 5.85. The van der Waals surface area contributed by atoms with Crippen LogP contribution in [0.25, 0.3) is 0 Å². The van der Waals surface area contributed by atoms with Crippen molar-refractivity contribution >= 4 is 40.3 Å². The molecule has 0 spiro atoms. The zero-order valence-electron chi connectivity index (χ0n) is 15.6. The maximum atomic E-state index is 12.1. The fourth-order valence-corrected chi connectivity index (χ4v) is 2.57. The number of ketones is 2. The Kier molecular flexibility index (Phi) is 10.3. The van der Waals surface area contributed by atoms with E-state index in [-0.39, 0.29) is 42.6 Å². The normalized spacial score (nSPS) is 10.6. The Morgan fingerprint density at radius 1 is 0.759 bits per heavy atom. The van der Waals surface area contributed by atoms with E-state index in [1.54, 1.807) is 48.5 Å². The fourth-order valence-electron chi connectivity index (χ4n) is 2.31. The number of hydrogen-bond donors (Lipinski definition) is 0. The third-order valence-corrected chi connectivity index (χ3v) is 4.01. The lowest BCUT2D eigenvalue weighted by molar-refractivity contribution is -0.0419.